The van der Waals surface area contributed by atoms with Crippen LogP contribution in [-0.2, 0) is 12.0 Å². The van der Waals surface area contributed by atoms with Gasteiger partial charge in [0, 0.05) is 50.2 Å². The number of likely N-dealkylation sites (tertiary alicyclic amines) is 1. The number of nitrogens with zero attached hydrogens (tertiary/aromatic N) is 3. The topological polar surface area (TPSA) is 57.3 Å². The second kappa shape index (κ2) is 10.7. The first-order chi connectivity index (χ1) is 17.5. The van der Waals surface area contributed by atoms with Gasteiger partial charge in [0.25, 0.3) is 0 Å². The van der Waals surface area contributed by atoms with Crippen molar-refractivity contribution in [2.24, 2.45) is 0 Å². The molecule has 3 atom stereocenters. The van der Waals surface area contributed by atoms with Gasteiger partial charge in [-0.3, -0.25) is 4.90 Å². The maximum atomic E-state index is 13.1. The molecule has 0 bridgehead atoms. The fraction of sp³-hybridized carbons (Fsp3) is 0.552. The number of urea groups is 1. The lowest BCUT2D eigenvalue weighted by Gasteiger charge is -2.46. The Morgan fingerprint density at radius 1 is 0.972 bits per heavy atom. The number of fused-ring (bicyclic) bond motifs is 1. The minimum Gasteiger partial charge on any atom is -0.493 e. The molecule has 194 valence electrons. The highest BCUT2D eigenvalue weighted by atomic mass is 16.5. The molecule has 0 unspecified atom stereocenters. The van der Waals surface area contributed by atoms with Crippen LogP contribution in [0.2, 0.25) is 0 Å². The molecule has 1 N–H and O–H groups in total. The molecule has 0 spiro atoms. The van der Waals surface area contributed by atoms with Crippen molar-refractivity contribution in [3.8, 4) is 11.5 Å². The molecule has 2 heterocycles. The molecular weight excluding hydrogens is 452 g/mol. The summed E-state index contributed by atoms with van der Waals surface area (Å²) in [5.74, 6) is 1.55. The molecule has 5 rings (SSSR count). The van der Waals surface area contributed by atoms with Crippen LogP contribution in [0.15, 0.2) is 48.5 Å². The van der Waals surface area contributed by atoms with Gasteiger partial charge in [-0.2, -0.15) is 0 Å². The predicted octanol–water partition coefficient (Wildman–Crippen LogP) is 3.73. The Morgan fingerprint density at radius 3 is 2.44 bits per heavy atom. The standard InChI is InChI=1S/C29H40N4O3/c1-31-15-17-32(18-16-31)28(34)30-24-11-12-29(23-9-10-25(35-2)26(19-23)36-3)13-14-33(27(29)20-24)21-22-7-5-4-6-8-22/h4-10,19,24,27H,11-18,20-21H2,1-3H3,(H,30,34)/t24-,27-,29+/m1/s1. The summed E-state index contributed by atoms with van der Waals surface area (Å²) in [7, 11) is 5.51. The average molecular weight is 493 g/mol. The van der Waals surface area contributed by atoms with Crippen molar-refractivity contribution in [1.82, 2.24) is 20.0 Å². The highest BCUT2D eigenvalue weighted by Crippen LogP contribution is 2.50. The van der Waals surface area contributed by atoms with E-state index in [0.717, 1.165) is 76.5 Å². The zero-order valence-electron chi connectivity index (χ0n) is 21.9. The SMILES string of the molecule is COc1ccc([C@@]23CC[C@@H](NC(=O)N4CCN(C)CC4)C[C@H]2N(Cc2ccccc2)CC3)cc1OC. The first-order valence-electron chi connectivity index (χ1n) is 13.3. The number of likely N-dealkylation sites (N-methyl/N-ethyl adjacent to an activating group) is 1. The number of nitrogens with one attached hydrogen (secondary N) is 1. The number of amides is 2. The molecule has 3 aliphatic rings. The molecule has 7 heteroatoms. The molecule has 36 heavy (non-hydrogen) atoms. The minimum absolute atomic E-state index is 0.0450. The largest absolute Gasteiger partial charge is 0.493 e. The van der Waals surface area contributed by atoms with Crippen molar-refractivity contribution >= 4 is 6.03 Å². The summed E-state index contributed by atoms with van der Waals surface area (Å²) in [5, 5.41) is 3.41. The van der Waals surface area contributed by atoms with Crippen molar-refractivity contribution in [3.05, 3.63) is 59.7 Å². The maximum Gasteiger partial charge on any atom is 0.317 e. The lowest BCUT2D eigenvalue weighted by Crippen LogP contribution is -2.56. The van der Waals surface area contributed by atoms with Crippen LogP contribution < -0.4 is 14.8 Å². The van der Waals surface area contributed by atoms with E-state index >= 15 is 0 Å². The number of methoxy groups -OCH3 is 2. The van der Waals surface area contributed by atoms with Crippen molar-refractivity contribution < 1.29 is 14.3 Å². The zero-order valence-corrected chi connectivity index (χ0v) is 21.9. The van der Waals surface area contributed by atoms with E-state index in [9.17, 15) is 4.79 Å². The third-order valence-corrected chi connectivity index (χ3v) is 8.68. The van der Waals surface area contributed by atoms with E-state index in [1.54, 1.807) is 14.2 Å². The summed E-state index contributed by atoms with van der Waals surface area (Å²) < 4.78 is 11.2. The molecule has 2 amide bonds. The highest BCUT2D eigenvalue weighted by Gasteiger charge is 2.51. The number of piperazine rings is 1. The Labute approximate surface area is 215 Å². The Bertz CT molecular complexity index is 1040. The molecule has 1 saturated carbocycles. The van der Waals surface area contributed by atoms with Crippen molar-refractivity contribution in [2.75, 3.05) is 54.0 Å². The Hall–Kier alpha value is -2.77. The van der Waals surface area contributed by atoms with Crippen molar-refractivity contribution in [2.45, 2.75) is 49.7 Å². The lowest BCUT2D eigenvalue weighted by molar-refractivity contribution is 0.119. The molecule has 2 aromatic carbocycles. The number of carbonyl (C=O) groups is 1. The van der Waals surface area contributed by atoms with Gasteiger partial charge in [-0.25, -0.2) is 4.79 Å². The summed E-state index contributed by atoms with van der Waals surface area (Å²) in [6, 6.07) is 17.8. The average Bonchev–Trinajstić information content (AvgIpc) is 3.27. The Morgan fingerprint density at radius 2 is 1.72 bits per heavy atom. The fourth-order valence-electron chi connectivity index (χ4n) is 6.54. The van der Waals surface area contributed by atoms with Crippen LogP contribution in [0.3, 0.4) is 0 Å². The van der Waals surface area contributed by atoms with Gasteiger partial charge in [0.1, 0.15) is 0 Å². The monoisotopic (exact) mass is 492 g/mol. The number of hydrogen-bond acceptors (Lipinski definition) is 5. The zero-order chi connectivity index (χ0) is 25.1. The second-order valence-electron chi connectivity index (χ2n) is 10.7. The van der Waals surface area contributed by atoms with Gasteiger partial charge in [0.2, 0.25) is 0 Å². The lowest BCUT2D eigenvalue weighted by atomic mass is 9.65. The number of benzene rings is 2. The summed E-state index contributed by atoms with van der Waals surface area (Å²) in [6.45, 7) is 5.46. The molecule has 7 nitrogen and oxygen atoms in total. The minimum atomic E-state index is 0.0450. The second-order valence-corrected chi connectivity index (χ2v) is 10.7. The van der Waals surface area contributed by atoms with E-state index in [1.165, 1.54) is 11.1 Å². The van der Waals surface area contributed by atoms with E-state index in [2.05, 4.69) is 64.6 Å². The summed E-state index contributed by atoms with van der Waals surface area (Å²) in [5.41, 5.74) is 2.71. The van der Waals surface area contributed by atoms with Gasteiger partial charge in [-0.1, -0.05) is 36.4 Å². The number of hydrogen-bond donors (Lipinski definition) is 1. The third kappa shape index (κ3) is 4.91. The number of ether oxygens (including phenoxy) is 2. The molecule has 0 aromatic heterocycles. The van der Waals surface area contributed by atoms with Crippen LogP contribution in [0.25, 0.3) is 0 Å². The van der Waals surface area contributed by atoms with Crippen molar-refractivity contribution in [3.63, 3.8) is 0 Å². The van der Waals surface area contributed by atoms with E-state index < -0.39 is 0 Å². The van der Waals surface area contributed by atoms with Crippen LogP contribution in [-0.4, -0.2) is 86.8 Å². The van der Waals surface area contributed by atoms with E-state index in [-0.39, 0.29) is 17.5 Å². The van der Waals surface area contributed by atoms with Gasteiger partial charge in [0.15, 0.2) is 11.5 Å². The predicted molar refractivity (Wildman–Crippen MR) is 142 cm³/mol. The van der Waals surface area contributed by atoms with Crippen molar-refractivity contribution in [1.29, 1.82) is 0 Å². The summed E-state index contributed by atoms with van der Waals surface area (Å²) in [4.78, 5) is 20.0. The van der Waals surface area contributed by atoms with E-state index in [4.69, 9.17) is 9.47 Å². The van der Waals surface area contributed by atoms with Crippen LogP contribution in [0.1, 0.15) is 36.8 Å². The molecule has 2 saturated heterocycles. The highest BCUT2D eigenvalue weighted by molar-refractivity contribution is 5.74. The Balaban J connectivity index is 1.38. The van der Waals surface area contributed by atoms with E-state index in [0.29, 0.717) is 6.04 Å². The van der Waals surface area contributed by atoms with Gasteiger partial charge in [0.05, 0.1) is 14.2 Å². The van der Waals surface area contributed by atoms with Crippen LogP contribution in [0.5, 0.6) is 11.5 Å². The molecule has 3 fully saturated rings. The first-order valence-corrected chi connectivity index (χ1v) is 13.3. The van der Waals surface area contributed by atoms with Crippen LogP contribution in [0, 0.1) is 0 Å². The Kier molecular flexibility index (Phi) is 7.39. The fourth-order valence-corrected chi connectivity index (χ4v) is 6.54. The van der Waals surface area contributed by atoms with E-state index in [1.807, 2.05) is 11.0 Å². The molecule has 0 radical (unpaired) electrons. The first kappa shape index (κ1) is 24.9. The smallest absolute Gasteiger partial charge is 0.317 e. The number of rotatable bonds is 6. The van der Waals surface area contributed by atoms with Crippen LogP contribution in [0.4, 0.5) is 4.79 Å². The van der Waals surface area contributed by atoms with Gasteiger partial charge in [-0.05, 0) is 62.5 Å². The summed E-state index contributed by atoms with van der Waals surface area (Å²) in [6.07, 6.45) is 4.11. The normalized spacial score (nSPS) is 26.9. The maximum absolute atomic E-state index is 13.1. The van der Waals surface area contributed by atoms with Crippen LogP contribution >= 0.6 is 0 Å². The summed E-state index contributed by atoms with van der Waals surface area (Å²) >= 11 is 0. The van der Waals surface area contributed by atoms with Gasteiger partial charge >= 0.3 is 6.03 Å². The quantitative estimate of drug-likeness (QED) is 0.666. The molecule has 2 aromatic rings. The van der Waals surface area contributed by atoms with Gasteiger partial charge < -0.3 is 24.6 Å². The molecular formula is C29H40N4O3. The third-order valence-electron chi connectivity index (χ3n) is 8.68. The molecule has 1 aliphatic carbocycles. The number of carbonyl (C=O) groups excluding carboxylic acids is 1. The van der Waals surface area contributed by atoms with Gasteiger partial charge in [-0.15, -0.1) is 0 Å². The molecule has 2 aliphatic heterocycles.